The molecule has 0 fully saturated rings. The first-order valence-electron chi connectivity index (χ1n) is 9.15. The summed E-state index contributed by atoms with van der Waals surface area (Å²) in [5, 5.41) is 10.6. The fourth-order valence-corrected chi connectivity index (χ4v) is 2.55. The van der Waals surface area contributed by atoms with E-state index in [0.717, 1.165) is 16.0 Å². The Labute approximate surface area is 171 Å². The van der Waals surface area contributed by atoms with E-state index >= 15 is 0 Å². The third kappa shape index (κ3) is 5.51. The first kappa shape index (κ1) is 20.7. The molecule has 30 heavy (non-hydrogen) atoms. The number of methoxy groups -OCH3 is 1. The molecule has 0 aliphatic carbocycles. The van der Waals surface area contributed by atoms with Crippen LogP contribution in [0.1, 0.15) is 12.0 Å². The molecule has 1 aromatic heterocycles. The Bertz CT molecular complexity index is 1120. The summed E-state index contributed by atoms with van der Waals surface area (Å²) in [6.45, 7) is -0.246. The van der Waals surface area contributed by atoms with E-state index in [9.17, 15) is 14.4 Å². The number of carbonyl (C=O) groups excluding carboxylic acids is 2. The van der Waals surface area contributed by atoms with Gasteiger partial charge in [-0.3, -0.25) is 14.4 Å². The summed E-state index contributed by atoms with van der Waals surface area (Å²) in [7, 11) is 1.58. The van der Waals surface area contributed by atoms with E-state index in [1.54, 1.807) is 49.6 Å². The molecular formula is C21H20N4O5. The summed E-state index contributed by atoms with van der Waals surface area (Å²) in [5.41, 5.74) is 0.910. The Morgan fingerprint density at radius 1 is 1.13 bits per heavy atom. The van der Waals surface area contributed by atoms with Gasteiger partial charge in [0.2, 0.25) is 5.91 Å². The van der Waals surface area contributed by atoms with Crippen molar-refractivity contribution in [3.05, 3.63) is 70.5 Å². The van der Waals surface area contributed by atoms with Crippen LogP contribution in [-0.2, 0) is 21.1 Å². The lowest BCUT2D eigenvalue weighted by Crippen LogP contribution is -2.28. The van der Waals surface area contributed by atoms with Crippen molar-refractivity contribution < 1.29 is 19.1 Å². The van der Waals surface area contributed by atoms with Gasteiger partial charge in [0.1, 0.15) is 11.3 Å². The van der Waals surface area contributed by atoms with E-state index < -0.39 is 11.5 Å². The lowest BCUT2D eigenvalue weighted by atomic mass is 10.2. The topological polar surface area (TPSA) is 112 Å². The number of ether oxygens (including phenoxy) is 2. The van der Waals surface area contributed by atoms with Crippen LogP contribution in [0.25, 0.3) is 17.0 Å². The molecule has 154 valence electrons. The maximum absolute atomic E-state index is 12.3. The largest absolute Gasteiger partial charge is 0.497 e. The molecule has 0 aliphatic heterocycles. The fraction of sp³-hybridized carbons (Fsp3) is 0.190. The monoisotopic (exact) mass is 408 g/mol. The van der Waals surface area contributed by atoms with Gasteiger partial charge in [0.15, 0.2) is 6.73 Å². The van der Waals surface area contributed by atoms with Crippen molar-refractivity contribution in [2.75, 3.05) is 13.7 Å². The number of hydrogen-bond donors (Lipinski definition) is 1. The number of amides is 1. The van der Waals surface area contributed by atoms with E-state index in [1.807, 2.05) is 12.1 Å². The first-order chi connectivity index (χ1) is 14.6. The number of benzene rings is 2. The zero-order valence-electron chi connectivity index (χ0n) is 16.3. The van der Waals surface area contributed by atoms with E-state index in [-0.39, 0.29) is 25.6 Å². The maximum Gasteiger partial charge on any atom is 0.309 e. The third-order valence-corrected chi connectivity index (χ3v) is 4.15. The molecule has 9 nitrogen and oxygen atoms in total. The van der Waals surface area contributed by atoms with Gasteiger partial charge in [0.25, 0.3) is 5.56 Å². The van der Waals surface area contributed by atoms with Crippen LogP contribution >= 0.6 is 0 Å². The highest BCUT2D eigenvalue weighted by atomic mass is 16.5. The maximum atomic E-state index is 12.3. The molecule has 0 saturated heterocycles. The van der Waals surface area contributed by atoms with Crippen LogP contribution in [0.5, 0.6) is 5.75 Å². The van der Waals surface area contributed by atoms with Crippen LogP contribution in [0.2, 0.25) is 0 Å². The average Bonchev–Trinajstić information content (AvgIpc) is 2.78. The van der Waals surface area contributed by atoms with Crippen LogP contribution in [-0.4, -0.2) is 40.5 Å². The minimum atomic E-state index is -0.573. The molecule has 0 radical (unpaired) electrons. The molecule has 2 aromatic carbocycles. The van der Waals surface area contributed by atoms with Gasteiger partial charge in [-0.05, 0) is 35.9 Å². The molecule has 1 N–H and O–H groups in total. The van der Waals surface area contributed by atoms with Gasteiger partial charge in [-0.15, -0.1) is 5.10 Å². The van der Waals surface area contributed by atoms with Crippen LogP contribution in [0, 0.1) is 0 Å². The Kier molecular flexibility index (Phi) is 6.88. The summed E-state index contributed by atoms with van der Waals surface area (Å²) in [6.07, 6.45) is 2.98. The van der Waals surface area contributed by atoms with Crippen molar-refractivity contribution in [2.24, 2.45) is 0 Å². The zero-order valence-corrected chi connectivity index (χ0v) is 16.3. The van der Waals surface area contributed by atoms with E-state index in [2.05, 4.69) is 15.6 Å². The van der Waals surface area contributed by atoms with Gasteiger partial charge in [0, 0.05) is 12.6 Å². The number of nitrogens with zero attached hydrogens (tertiary/aromatic N) is 3. The summed E-state index contributed by atoms with van der Waals surface area (Å²) in [6, 6.07) is 14.0. The highest BCUT2D eigenvalue weighted by Gasteiger charge is 2.08. The minimum absolute atomic E-state index is 0.0438. The van der Waals surface area contributed by atoms with Crippen molar-refractivity contribution in [3.8, 4) is 5.75 Å². The second-order valence-electron chi connectivity index (χ2n) is 6.20. The fourth-order valence-electron chi connectivity index (χ4n) is 2.55. The van der Waals surface area contributed by atoms with E-state index in [4.69, 9.17) is 9.47 Å². The van der Waals surface area contributed by atoms with Crippen molar-refractivity contribution in [1.29, 1.82) is 0 Å². The van der Waals surface area contributed by atoms with Crippen molar-refractivity contribution in [1.82, 2.24) is 20.3 Å². The van der Waals surface area contributed by atoms with Gasteiger partial charge in [-0.1, -0.05) is 29.5 Å². The van der Waals surface area contributed by atoms with Gasteiger partial charge in [-0.25, -0.2) is 0 Å². The lowest BCUT2D eigenvalue weighted by Gasteiger charge is -2.07. The molecule has 1 amide bonds. The number of nitrogens with one attached hydrogen (secondary N) is 1. The molecule has 0 bridgehead atoms. The van der Waals surface area contributed by atoms with Crippen molar-refractivity contribution >= 4 is 28.9 Å². The third-order valence-electron chi connectivity index (χ3n) is 4.15. The SMILES string of the molecule is COc1ccc(/C=C/C(=O)NCCC(=O)OCn2nnc3ccccc3c2=O)cc1. The second-order valence-corrected chi connectivity index (χ2v) is 6.20. The number of carbonyl (C=O) groups is 2. The van der Waals surface area contributed by atoms with E-state index in [1.165, 1.54) is 6.08 Å². The molecule has 0 saturated carbocycles. The summed E-state index contributed by atoms with van der Waals surface area (Å²) in [4.78, 5) is 35.9. The van der Waals surface area contributed by atoms with Crippen LogP contribution in [0.3, 0.4) is 0 Å². The molecule has 3 rings (SSSR count). The summed E-state index contributed by atoms with van der Waals surface area (Å²) in [5.74, 6) is -0.182. The van der Waals surface area contributed by atoms with Crippen LogP contribution in [0.4, 0.5) is 0 Å². The molecule has 1 heterocycles. The second kappa shape index (κ2) is 9.97. The Balaban J connectivity index is 1.42. The normalized spacial score (nSPS) is 10.8. The molecular weight excluding hydrogens is 388 g/mol. The number of aromatic nitrogens is 3. The summed E-state index contributed by atoms with van der Waals surface area (Å²) >= 11 is 0. The minimum Gasteiger partial charge on any atom is -0.497 e. The van der Waals surface area contributed by atoms with Gasteiger partial charge in [0.05, 0.1) is 18.9 Å². The molecule has 9 heteroatoms. The Morgan fingerprint density at radius 3 is 2.67 bits per heavy atom. The van der Waals surface area contributed by atoms with Gasteiger partial charge < -0.3 is 14.8 Å². The standard InChI is InChI=1S/C21H20N4O5/c1-29-16-9-6-15(7-10-16)8-11-19(26)22-13-12-20(27)30-14-25-21(28)17-4-2-3-5-18(17)23-24-25/h2-11H,12-14H2,1H3,(H,22,26)/b11-8+. The number of fused-ring (bicyclic) bond motifs is 1. The zero-order chi connectivity index (χ0) is 21.3. The van der Waals surface area contributed by atoms with Crippen molar-refractivity contribution in [2.45, 2.75) is 13.2 Å². The summed E-state index contributed by atoms with van der Waals surface area (Å²) < 4.78 is 11.1. The van der Waals surface area contributed by atoms with Gasteiger partial charge in [-0.2, -0.15) is 4.68 Å². The quantitative estimate of drug-likeness (QED) is 0.444. The Hall–Kier alpha value is -4.01. The van der Waals surface area contributed by atoms with E-state index in [0.29, 0.717) is 10.9 Å². The highest BCUT2D eigenvalue weighted by molar-refractivity contribution is 5.91. The predicted molar refractivity (Wildman–Crippen MR) is 110 cm³/mol. The molecule has 0 unspecified atom stereocenters. The van der Waals surface area contributed by atoms with Crippen LogP contribution < -0.4 is 15.6 Å². The number of rotatable bonds is 8. The Morgan fingerprint density at radius 2 is 1.90 bits per heavy atom. The smallest absolute Gasteiger partial charge is 0.309 e. The predicted octanol–water partition coefficient (Wildman–Crippen LogP) is 1.52. The van der Waals surface area contributed by atoms with Crippen LogP contribution in [0.15, 0.2) is 59.4 Å². The molecule has 3 aromatic rings. The molecule has 0 aliphatic rings. The van der Waals surface area contributed by atoms with Crippen molar-refractivity contribution in [3.63, 3.8) is 0 Å². The molecule has 0 spiro atoms. The highest BCUT2D eigenvalue weighted by Crippen LogP contribution is 2.12. The molecule has 0 atom stereocenters. The first-order valence-corrected chi connectivity index (χ1v) is 9.15. The number of esters is 1. The lowest BCUT2D eigenvalue weighted by molar-refractivity contribution is -0.148. The van der Waals surface area contributed by atoms with Gasteiger partial charge >= 0.3 is 5.97 Å². The number of hydrogen-bond acceptors (Lipinski definition) is 7. The average molecular weight is 408 g/mol.